The molecule has 0 atom stereocenters. The summed E-state index contributed by atoms with van der Waals surface area (Å²) in [4.78, 5) is 12.2. The minimum Gasteiger partial charge on any atom is -0.331 e. The van der Waals surface area contributed by atoms with E-state index in [9.17, 15) is 4.79 Å². The van der Waals surface area contributed by atoms with Gasteiger partial charge < -0.3 is 5.32 Å². The minimum atomic E-state index is -0.263. The summed E-state index contributed by atoms with van der Waals surface area (Å²) in [5.41, 5.74) is 6.58. The van der Waals surface area contributed by atoms with E-state index in [0.29, 0.717) is 10.6 Å². The number of amides is 1. The highest BCUT2D eigenvalue weighted by Gasteiger charge is 2.06. The Labute approximate surface area is 149 Å². The van der Waals surface area contributed by atoms with Crippen LogP contribution in [0.2, 0.25) is 5.02 Å². The number of nitrogens with one attached hydrogen (secondary N) is 3. The highest BCUT2D eigenvalue weighted by Crippen LogP contribution is 2.15. The maximum Gasteiger partial charge on any atom is 0.269 e. The lowest BCUT2D eigenvalue weighted by molar-refractivity contribution is 0.0944. The van der Waals surface area contributed by atoms with Crippen molar-refractivity contribution in [2.75, 3.05) is 5.32 Å². The van der Waals surface area contributed by atoms with Crippen molar-refractivity contribution in [3.63, 3.8) is 0 Å². The Bertz CT molecular complexity index is 896. The molecule has 3 N–H and O–H groups in total. The molecule has 3 aromatic rings. The van der Waals surface area contributed by atoms with E-state index < -0.39 is 0 Å². The average molecular weight is 356 g/mol. The Hall–Kier alpha value is -2.63. The van der Waals surface area contributed by atoms with E-state index in [-0.39, 0.29) is 11.0 Å². The molecule has 0 aliphatic carbocycles. The molecule has 24 heavy (non-hydrogen) atoms. The van der Waals surface area contributed by atoms with Gasteiger partial charge in [-0.2, -0.15) is 0 Å². The quantitative estimate of drug-likeness (QED) is 0.478. The SMILES string of the molecule is O=C(NNC(=S)Nc1ccc(Cl)cc1)c1ccc2ccccc2c1. The predicted molar refractivity (Wildman–Crippen MR) is 102 cm³/mol. The largest absolute Gasteiger partial charge is 0.331 e. The third-order valence-corrected chi connectivity index (χ3v) is 3.86. The second kappa shape index (κ2) is 7.29. The Morgan fingerprint density at radius 3 is 2.33 bits per heavy atom. The second-order valence-electron chi connectivity index (χ2n) is 5.10. The maximum absolute atomic E-state index is 12.2. The van der Waals surface area contributed by atoms with Crippen LogP contribution in [0.25, 0.3) is 10.8 Å². The van der Waals surface area contributed by atoms with Gasteiger partial charge in [-0.15, -0.1) is 0 Å². The molecule has 0 unspecified atom stereocenters. The van der Waals surface area contributed by atoms with Gasteiger partial charge in [0.25, 0.3) is 5.91 Å². The fourth-order valence-electron chi connectivity index (χ4n) is 2.21. The maximum atomic E-state index is 12.2. The van der Waals surface area contributed by atoms with E-state index in [4.69, 9.17) is 23.8 Å². The van der Waals surface area contributed by atoms with Gasteiger partial charge in [-0.05, 0) is 59.4 Å². The van der Waals surface area contributed by atoms with Crippen LogP contribution in [0.15, 0.2) is 66.7 Å². The number of anilines is 1. The third kappa shape index (κ3) is 4.01. The van der Waals surface area contributed by atoms with Crippen LogP contribution < -0.4 is 16.2 Å². The monoisotopic (exact) mass is 355 g/mol. The van der Waals surface area contributed by atoms with Gasteiger partial charge >= 0.3 is 0 Å². The smallest absolute Gasteiger partial charge is 0.269 e. The molecule has 0 saturated heterocycles. The number of rotatable bonds is 2. The molecule has 0 spiro atoms. The van der Waals surface area contributed by atoms with Crippen LogP contribution >= 0.6 is 23.8 Å². The zero-order chi connectivity index (χ0) is 16.9. The molecule has 120 valence electrons. The molecule has 0 bridgehead atoms. The number of carbonyl (C=O) groups is 1. The second-order valence-corrected chi connectivity index (χ2v) is 5.95. The van der Waals surface area contributed by atoms with Gasteiger partial charge in [0.1, 0.15) is 0 Å². The summed E-state index contributed by atoms with van der Waals surface area (Å²) >= 11 is 11.0. The number of fused-ring (bicyclic) bond motifs is 1. The number of hydrogen-bond acceptors (Lipinski definition) is 2. The number of halogens is 1. The van der Waals surface area contributed by atoms with Crippen LogP contribution in [0.4, 0.5) is 5.69 Å². The van der Waals surface area contributed by atoms with Crippen LogP contribution in [-0.2, 0) is 0 Å². The summed E-state index contributed by atoms with van der Waals surface area (Å²) in [7, 11) is 0. The Balaban J connectivity index is 1.59. The lowest BCUT2D eigenvalue weighted by atomic mass is 10.1. The zero-order valence-electron chi connectivity index (χ0n) is 12.5. The highest BCUT2D eigenvalue weighted by atomic mass is 35.5. The molecule has 3 aromatic carbocycles. The van der Waals surface area contributed by atoms with Crippen molar-refractivity contribution < 1.29 is 4.79 Å². The molecule has 0 saturated carbocycles. The van der Waals surface area contributed by atoms with Gasteiger partial charge in [0, 0.05) is 16.3 Å². The summed E-state index contributed by atoms with van der Waals surface area (Å²) in [6.07, 6.45) is 0. The molecule has 0 aliphatic heterocycles. The lowest BCUT2D eigenvalue weighted by Crippen LogP contribution is -2.43. The van der Waals surface area contributed by atoms with Crippen molar-refractivity contribution in [3.05, 3.63) is 77.3 Å². The van der Waals surface area contributed by atoms with E-state index in [2.05, 4.69) is 16.2 Å². The molecule has 6 heteroatoms. The van der Waals surface area contributed by atoms with Crippen molar-refractivity contribution >= 4 is 51.3 Å². The predicted octanol–water partition coefficient (Wildman–Crippen LogP) is 4.12. The van der Waals surface area contributed by atoms with E-state index >= 15 is 0 Å². The molecule has 4 nitrogen and oxygen atoms in total. The van der Waals surface area contributed by atoms with Crippen molar-refractivity contribution in [1.82, 2.24) is 10.9 Å². The van der Waals surface area contributed by atoms with Gasteiger partial charge in [-0.3, -0.25) is 15.6 Å². The van der Waals surface area contributed by atoms with Crippen LogP contribution in [0.5, 0.6) is 0 Å². The van der Waals surface area contributed by atoms with Crippen molar-refractivity contribution in [3.8, 4) is 0 Å². The first-order valence-electron chi connectivity index (χ1n) is 7.23. The van der Waals surface area contributed by atoms with Gasteiger partial charge in [-0.25, -0.2) is 0 Å². The number of hydrogen-bond donors (Lipinski definition) is 3. The third-order valence-electron chi connectivity index (χ3n) is 3.40. The van der Waals surface area contributed by atoms with E-state index in [1.54, 1.807) is 30.3 Å². The fourth-order valence-corrected chi connectivity index (χ4v) is 2.51. The van der Waals surface area contributed by atoms with Gasteiger partial charge in [0.05, 0.1) is 0 Å². The summed E-state index contributed by atoms with van der Waals surface area (Å²) in [6, 6.07) is 20.5. The summed E-state index contributed by atoms with van der Waals surface area (Å²) in [5.74, 6) is -0.263. The number of benzene rings is 3. The summed E-state index contributed by atoms with van der Waals surface area (Å²) in [5, 5.41) is 5.97. The first-order chi connectivity index (χ1) is 11.6. The normalized spacial score (nSPS) is 10.2. The molecular formula is C18H14ClN3OS. The highest BCUT2D eigenvalue weighted by molar-refractivity contribution is 7.80. The number of carbonyl (C=O) groups excluding carboxylic acids is 1. The molecule has 0 aliphatic rings. The first-order valence-corrected chi connectivity index (χ1v) is 8.02. The van der Waals surface area contributed by atoms with Crippen LogP contribution in [0.3, 0.4) is 0 Å². The molecule has 1 amide bonds. The molecule has 0 fully saturated rings. The Morgan fingerprint density at radius 1 is 0.875 bits per heavy atom. The topological polar surface area (TPSA) is 53.2 Å². The Kier molecular flexibility index (Phi) is 4.93. The van der Waals surface area contributed by atoms with Gasteiger partial charge in [-0.1, -0.05) is 41.9 Å². The number of thiocarbonyl (C=S) groups is 1. The molecular weight excluding hydrogens is 342 g/mol. The van der Waals surface area contributed by atoms with Gasteiger partial charge in [0.2, 0.25) is 0 Å². The Morgan fingerprint density at radius 2 is 1.58 bits per heavy atom. The van der Waals surface area contributed by atoms with Gasteiger partial charge in [0.15, 0.2) is 5.11 Å². The average Bonchev–Trinajstić information content (AvgIpc) is 2.61. The standard InChI is InChI=1S/C18H14ClN3OS/c19-15-7-9-16(10-8-15)20-18(24)22-21-17(23)14-6-5-12-3-1-2-4-13(12)11-14/h1-11H,(H,21,23)(H2,20,22,24). The zero-order valence-corrected chi connectivity index (χ0v) is 14.1. The first kappa shape index (κ1) is 16.2. The van der Waals surface area contributed by atoms with Crippen LogP contribution in [-0.4, -0.2) is 11.0 Å². The number of hydrazine groups is 1. The summed E-state index contributed by atoms with van der Waals surface area (Å²) in [6.45, 7) is 0. The van der Waals surface area contributed by atoms with Crippen LogP contribution in [0, 0.1) is 0 Å². The minimum absolute atomic E-state index is 0.263. The molecule has 0 radical (unpaired) electrons. The van der Waals surface area contributed by atoms with Crippen molar-refractivity contribution in [2.24, 2.45) is 0 Å². The van der Waals surface area contributed by atoms with Crippen molar-refractivity contribution in [1.29, 1.82) is 0 Å². The molecule has 0 heterocycles. The fraction of sp³-hybridized carbons (Fsp3) is 0. The van der Waals surface area contributed by atoms with E-state index in [1.165, 1.54) is 0 Å². The van der Waals surface area contributed by atoms with Crippen molar-refractivity contribution in [2.45, 2.75) is 0 Å². The van der Waals surface area contributed by atoms with E-state index in [1.807, 2.05) is 36.4 Å². The van der Waals surface area contributed by atoms with E-state index in [0.717, 1.165) is 16.5 Å². The lowest BCUT2D eigenvalue weighted by Gasteiger charge is -2.12. The molecule has 3 rings (SSSR count). The molecule has 0 aromatic heterocycles. The van der Waals surface area contributed by atoms with Crippen LogP contribution in [0.1, 0.15) is 10.4 Å². The summed E-state index contributed by atoms with van der Waals surface area (Å²) < 4.78 is 0.